The van der Waals surface area contributed by atoms with E-state index in [2.05, 4.69) is 24.0 Å². The van der Waals surface area contributed by atoms with Gasteiger partial charge < -0.3 is 4.74 Å². The number of benzene rings is 1. The molecule has 1 unspecified atom stereocenters. The molecule has 0 radical (unpaired) electrons. The van der Waals surface area contributed by atoms with Gasteiger partial charge in [0.15, 0.2) is 10.7 Å². The zero-order valence-electron chi connectivity index (χ0n) is 13.4. The highest BCUT2D eigenvalue weighted by Crippen LogP contribution is 2.49. The fourth-order valence-electron chi connectivity index (χ4n) is 3.86. The molecule has 124 valence electrons. The van der Waals surface area contributed by atoms with E-state index in [0.717, 1.165) is 24.4 Å². The second kappa shape index (κ2) is 6.21. The Hall–Kier alpha value is -1.87. The number of ether oxygens (including phenoxy) is 1. The number of hydrogen-bond acceptors (Lipinski definition) is 3. The van der Waals surface area contributed by atoms with Crippen molar-refractivity contribution in [2.24, 2.45) is 11.3 Å². The number of hydrogen-bond donors (Lipinski definition) is 1. The summed E-state index contributed by atoms with van der Waals surface area (Å²) >= 11 is 0. The Bertz CT molecular complexity index is 837. The lowest BCUT2D eigenvalue weighted by Gasteiger charge is -2.38. The molecule has 0 bridgehead atoms. The fraction of sp³-hybridized carbons (Fsp3) is 0.350. The molecule has 1 saturated carbocycles. The van der Waals surface area contributed by atoms with Gasteiger partial charge in [-0.1, -0.05) is 24.3 Å². The van der Waals surface area contributed by atoms with E-state index in [-0.39, 0.29) is 0 Å². The van der Waals surface area contributed by atoms with Crippen LogP contribution in [0.1, 0.15) is 24.8 Å². The van der Waals surface area contributed by atoms with Gasteiger partial charge >= 0.3 is 0 Å². The molecule has 1 aromatic carbocycles. The van der Waals surface area contributed by atoms with E-state index in [9.17, 15) is 8.42 Å². The van der Waals surface area contributed by atoms with Gasteiger partial charge in [0, 0.05) is 5.41 Å². The van der Waals surface area contributed by atoms with Crippen molar-refractivity contribution in [3.63, 3.8) is 0 Å². The summed E-state index contributed by atoms with van der Waals surface area (Å²) in [5, 5.41) is 0. The van der Waals surface area contributed by atoms with E-state index >= 15 is 0 Å². The van der Waals surface area contributed by atoms with Gasteiger partial charge in [0.2, 0.25) is 0 Å². The van der Waals surface area contributed by atoms with Crippen LogP contribution in [0.2, 0.25) is 0 Å². The van der Waals surface area contributed by atoms with Crippen molar-refractivity contribution in [2.75, 3.05) is 13.2 Å². The average molecular weight is 340 g/mol. The molecule has 24 heavy (non-hydrogen) atoms. The van der Waals surface area contributed by atoms with E-state index in [1.54, 1.807) is 12.1 Å². The molecule has 2 aliphatic carbocycles. The summed E-state index contributed by atoms with van der Waals surface area (Å²) in [5.41, 5.74) is 7.11. The Labute approximate surface area is 144 Å². The third-order valence-corrected chi connectivity index (χ3v) is 6.07. The van der Waals surface area contributed by atoms with Crippen LogP contribution in [0.5, 0.6) is 0 Å². The van der Waals surface area contributed by atoms with E-state index in [0.29, 0.717) is 16.2 Å². The van der Waals surface area contributed by atoms with Crippen LogP contribution in [0.3, 0.4) is 0 Å². The molecular weight excluding hydrogens is 320 g/mol. The Kier molecular flexibility index (Phi) is 4.05. The van der Waals surface area contributed by atoms with Crippen LogP contribution in [0.4, 0.5) is 0 Å². The van der Waals surface area contributed by atoms with Crippen LogP contribution >= 0.6 is 0 Å². The van der Waals surface area contributed by atoms with E-state index in [4.69, 9.17) is 4.74 Å². The summed E-state index contributed by atoms with van der Waals surface area (Å²) in [5.74, 6) is 0.595. The second-order valence-electron chi connectivity index (χ2n) is 6.98. The molecule has 1 aromatic rings. The molecule has 1 heterocycles. The van der Waals surface area contributed by atoms with Gasteiger partial charge in [-0.05, 0) is 66.2 Å². The topological polar surface area (TPSA) is 43.4 Å². The lowest BCUT2D eigenvalue weighted by molar-refractivity contribution is -0.109. The molecule has 1 saturated heterocycles. The number of rotatable bonds is 3. The highest BCUT2D eigenvalue weighted by atomic mass is 32.2. The maximum atomic E-state index is 11.0. The van der Waals surface area contributed by atoms with Crippen molar-refractivity contribution in [3.8, 4) is 0 Å². The zero-order chi connectivity index (χ0) is 16.6. The Morgan fingerprint density at radius 3 is 2.50 bits per heavy atom. The predicted octanol–water partition coefficient (Wildman–Crippen LogP) is 3.51. The van der Waals surface area contributed by atoms with Crippen molar-refractivity contribution in [3.05, 3.63) is 65.4 Å². The maximum Gasteiger partial charge on any atom is 0.168 e. The minimum atomic E-state index is -2.52. The quantitative estimate of drug-likeness (QED) is 0.676. The van der Waals surface area contributed by atoms with Crippen molar-refractivity contribution in [1.29, 1.82) is 0 Å². The third kappa shape index (κ3) is 2.93. The van der Waals surface area contributed by atoms with Crippen LogP contribution in [0, 0.1) is 11.3 Å². The highest BCUT2D eigenvalue weighted by molar-refractivity contribution is 7.72. The van der Waals surface area contributed by atoms with Gasteiger partial charge in [0.25, 0.3) is 0 Å². The third-order valence-electron chi connectivity index (χ3n) is 5.35. The summed E-state index contributed by atoms with van der Waals surface area (Å²) < 4.78 is 27.4. The minimum Gasteiger partial charge on any atom is -0.380 e. The van der Waals surface area contributed by atoms with Gasteiger partial charge in [-0.25, -0.2) is 8.42 Å². The minimum absolute atomic E-state index is 0.345. The molecule has 1 aliphatic heterocycles. The molecule has 4 heteroatoms. The Morgan fingerprint density at radius 1 is 1.08 bits per heavy atom. The first-order valence-electron chi connectivity index (χ1n) is 8.32. The standard InChI is InChI=1S/C20H20O3S/c21-24(22)19-8-6-17(7-9-19)15-2-1-3-16(5-4-15)18-10-11-20(12-18)13-23-14-20/h2-9,18,24H,10-14H2. The second-order valence-corrected chi connectivity index (χ2v) is 8.01. The molecule has 3 aliphatic rings. The van der Waals surface area contributed by atoms with Crippen molar-refractivity contribution < 1.29 is 13.2 Å². The maximum absolute atomic E-state index is 11.0. The lowest BCUT2D eigenvalue weighted by Crippen LogP contribution is -2.40. The first kappa shape index (κ1) is 15.6. The summed E-state index contributed by atoms with van der Waals surface area (Å²) in [6.07, 6.45) is 12.1. The number of thiol groups is 1. The van der Waals surface area contributed by atoms with Crippen LogP contribution in [-0.2, 0) is 15.4 Å². The van der Waals surface area contributed by atoms with Gasteiger partial charge in [0.1, 0.15) is 0 Å². The molecular formula is C20H20O3S. The van der Waals surface area contributed by atoms with Gasteiger partial charge in [-0.15, -0.1) is 5.73 Å². The van der Waals surface area contributed by atoms with Crippen LogP contribution in [-0.4, -0.2) is 21.6 Å². The van der Waals surface area contributed by atoms with E-state index in [1.165, 1.54) is 24.8 Å². The van der Waals surface area contributed by atoms with Crippen molar-refractivity contribution >= 4 is 16.3 Å². The molecule has 4 rings (SSSR count). The normalized spacial score (nSPS) is 24.6. The van der Waals surface area contributed by atoms with Crippen molar-refractivity contribution in [1.82, 2.24) is 0 Å². The first-order valence-corrected chi connectivity index (χ1v) is 9.50. The monoisotopic (exact) mass is 340 g/mol. The predicted molar refractivity (Wildman–Crippen MR) is 94.3 cm³/mol. The largest absolute Gasteiger partial charge is 0.380 e. The highest BCUT2D eigenvalue weighted by Gasteiger charge is 2.45. The molecule has 2 fully saturated rings. The van der Waals surface area contributed by atoms with Crippen LogP contribution < -0.4 is 0 Å². The Balaban J connectivity index is 1.55. The molecule has 1 atom stereocenters. The summed E-state index contributed by atoms with van der Waals surface area (Å²) in [6, 6.07) is 6.98. The molecule has 0 N–H and O–H groups in total. The average Bonchev–Trinajstić information content (AvgIpc) is 2.88. The molecule has 0 aromatic heterocycles. The zero-order valence-corrected chi connectivity index (χ0v) is 14.3. The molecule has 3 nitrogen and oxygen atoms in total. The summed E-state index contributed by atoms with van der Waals surface area (Å²) in [6.45, 7) is 1.84. The van der Waals surface area contributed by atoms with Crippen LogP contribution in [0.25, 0.3) is 5.57 Å². The molecule has 0 amide bonds. The fourth-order valence-corrected chi connectivity index (χ4v) is 4.26. The smallest absolute Gasteiger partial charge is 0.168 e. The Morgan fingerprint density at radius 2 is 1.88 bits per heavy atom. The van der Waals surface area contributed by atoms with E-state index in [1.807, 2.05) is 18.2 Å². The number of allylic oxidation sites excluding steroid dienone is 5. The van der Waals surface area contributed by atoms with Crippen molar-refractivity contribution in [2.45, 2.75) is 24.2 Å². The summed E-state index contributed by atoms with van der Waals surface area (Å²) in [7, 11) is -2.52. The first-order chi connectivity index (χ1) is 11.7. The molecule has 1 spiro atoms. The van der Waals surface area contributed by atoms with Gasteiger partial charge in [-0.3, -0.25) is 0 Å². The summed E-state index contributed by atoms with van der Waals surface area (Å²) in [4.78, 5) is 0.345. The van der Waals surface area contributed by atoms with Crippen LogP contribution in [0.15, 0.2) is 64.8 Å². The van der Waals surface area contributed by atoms with Gasteiger partial charge in [0.05, 0.1) is 18.1 Å². The van der Waals surface area contributed by atoms with Gasteiger partial charge in [-0.2, -0.15) is 0 Å². The lowest BCUT2D eigenvalue weighted by atomic mass is 9.82. The van der Waals surface area contributed by atoms with E-state index < -0.39 is 10.7 Å². The SMILES string of the molecule is O=[SH](=O)c1ccc(C2=CC=C(C3CCC4(COC4)C3)C=C=C2)cc1.